The summed E-state index contributed by atoms with van der Waals surface area (Å²) in [4.78, 5) is -0.123. The molecule has 22 heavy (non-hydrogen) atoms. The van der Waals surface area contributed by atoms with Crippen LogP contribution in [0.25, 0.3) is 5.69 Å². The Morgan fingerprint density at radius 1 is 1.45 bits per heavy atom. The van der Waals surface area contributed by atoms with Crippen molar-refractivity contribution >= 4 is 10.0 Å². The Bertz CT molecular complexity index is 756. The smallest absolute Gasteiger partial charge is 0.240 e. The normalized spacial score (nSPS) is 13.3. The van der Waals surface area contributed by atoms with Gasteiger partial charge in [-0.2, -0.15) is 5.10 Å². The average molecular weight is 326 g/mol. The first-order chi connectivity index (χ1) is 10.3. The molecular weight excluding hydrogens is 307 g/mol. The van der Waals surface area contributed by atoms with Gasteiger partial charge in [0.1, 0.15) is 11.5 Å². The molecule has 0 amide bonds. The van der Waals surface area contributed by atoms with Crippen LogP contribution >= 0.6 is 0 Å². The molecule has 2 aromatic rings. The highest BCUT2D eigenvalue weighted by molar-refractivity contribution is 7.89. The first kappa shape index (κ1) is 16.6. The first-order valence-corrected chi connectivity index (χ1v) is 8.34. The SMILES string of the molecule is Cc1cnn(-c2ccc(S(=O)(=O)NCC[C@H](C)N)cc2F)c1. The fourth-order valence-corrected chi connectivity index (χ4v) is 2.95. The van der Waals surface area contributed by atoms with Crippen molar-refractivity contribution in [1.82, 2.24) is 14.5 Å². The molecule has 0 fully saturated rings. The molecule has 0 saturated heterocycles. The number of hydrogen-bond donors (Lipinski definition) is 2. The highest BCUT2D eigenvalue weighted by atomic mass is 32.2. The molecule has 3 N–H and O–H groups in total. The maximum atomic E-state index is 14.2. The molecule has 0 saturated carbocycles. The van der Waals surface area contributed by atoms with Gasteiger partial charge in [-0.3, -0.25) is 0 Å². The topological polar surface area (TPSA) is 90.0 Å². The van der Waals surface area contributed by atoms with Crippen molar-refractivity contribution in [3.63, 3.8) is 0 Å². The fraction of sp³-hybridized carbons (Fsp3) is 0.357. The van der Waals surface area contributed by atoms with Gasteiger partial charge in [-0.05, 0) is 44.0 Å². The Balaban J connectivity index is 2.21. The second-order valence-corrected chi connectivity index (χ2v) is 7.01. The number of rotatable bonds is 6. The van der Waals surface area contributed by atoms with Crippen molar-refractivity contribution in [3.8, 4) is 5.69 Å². The summed E-state index contributed by atoms with van der Waals surface area (Å²) in [6, 6.07) is 3.62. The van der Waals surface area contributed by atoms with Gasteiger partial charge in [0.25, 0.3) is 0 Å². The predicted octanol–water partition coefficient (Wildman–Crippen LogP) is 1.34. The van der Waals surface area contributed by atoms with Crippen molar-refractivity contribution in [2.75, 3.05) is 6.54 Å². The van der Waals surface area contributed by atoms with E-state index in [1.807, 2.05) is 6.92 Å². The molecule has 1 aromatic heterocycles. The lowest BCUT2D eigenvalue weighted by Crippen LogP contribution is -2.29. The highest BCUT2D eigenvalue weighted by Crippen LogP contribution is 2.18. The largest absolute Gasteiger partial charge is 0.328 e. The van der Waals surface area contributed by atoms with Crippen LogP contribution in [-0.4, -0.2) is 30.8 Å². The second kappa shape index (κ2) is 6.55. The van der Waals surface area contributed by atoms with E-state index in [1.165, 1.54) is 16.8 Å². The van der Waals surface area contributed by atoms with Gasteiger partial charge in [0, 0.05) is 18.8 Å². The third kappa shape index (κ3) is 3.90. The lowest BCUT2D eigenvalue weighted by molar-refractivity contribution is 0.567. The summed E-state index contributed by atoms with van der Waals surface area (Å²) in [5, 5.41) is 4.01. The number of aromatic nitrogens is 2. The molecular formula is C14H19FN4O2S. The molecule has 2 rings (SSSR count). The molecule has 0 bridgehead atoms. The van der Waals surface area contributed by atoms with E-state index in [-0.39, 0.29) is 23.2 Å². The van der Waals surface area contributed by atoms with Crippen LogP contribution in [0.3, 0.4) is 0 Å². The monoisotopic (exact) mass is 326 g/mol. The minimum atomic E-state index is -3.75. The van der Waals surface area contributed by atoms with Crippen LogP contribution in [0.2, 0.25) is 0 Å². The molecule has 1 heterocycles. The zero-order valence-electron chi connectivity index (χ0n) is 12.5. The molecule has 0 aliphatic carbocycles. The average Bonchev–Trinajstić information content (AvgIpc) is 2.84. The van der Waals surface area contributed by atoms with Crippen LogP contribution in [-0.2, 0) is 10.0 Å². The van der Waals surface area contributed by atoms with Gasteiger partial charge in [0.2, 0.25) is 10.0 Å². The molecule has 6 nitrogen and oxygen atoms in total. The zero-order valence-corrected chi connectivity index (χ0v) is 13.3. The van der Waals surface area contributed by atoms with Crippen molar-refractivity contribution in [1.29, 1.82) is 0 Å². The highest BCUT2D eigenvalue weighted by Gasteiger charge is 2.17. The number of sulfonamides is 1. The van der Waals surface area contributed by atoms with E-state index in [9.17, 15) is 12.8 Å². The number of nitrogens with two attached hydrogens (primary N) is 1. The Morgan fingerprint density at radius 2 is 2.18 bits per heavy atom. The molecule has 120 valence electrons. The Kier molecular flexibility index (Phi) is 4.94. The molecule has 0 unspecified atom stereocenters. The van der Waals surface area contributed by atoms with Gasteiger partial charge in [-0.1, -0.05) is 0 Å². The van der Waals surface area contributed by atoms with Crippen LogP contribution in [0.4, 0.5) is 4.39 Å². The van der Waals surface area contributed by atoms with Crippen molar-refractivity contribution in [2.24, 2.45) is 5.73 Å². The van der Waals surface area contributed by atoms with E-state index in [0.29, 0.717) is 6.42 Å². The van der Waals surface area contributed by atoms with E-state index >= 15 is 0 Å². The van der Waals surface area contributed by atoms with Crippen molar-refractivity contribution < 1.29 is 12.8 Å². The Labute approximate surface area is 129 Å². The third-order valence-corrected chi connectivity index (χ3v) is 4.54. The number of nitrogens with zero attached hydrogens (tertiary/aromatic N) is 2. The summed E-state index contributed by atoms with van der Waals surface area (Å²) >= 11 is 0. The standard InChI is InChI=1S/C14H19FN4O2S/c1-10-8-17-19(9-10)14-4-3-12(7-13(14)15)22(20,21)18-6-5-11(2)16/h3-4,7-9,11,18H,5-6,16H2,1-2H3/t11-/m0/s1. The fourth-order valence-electron chi connectivity index (χ4n) is 1.89. The molecule has 0 spiro atoms. The lowest BCUT2D eigenvalue weighted by Gasteiger charge is -2.10. The molecule has 0 aliphatic heterocycles. The number of aryl methyl sites for hydroxylation is 1. The zero-order chi connectivity index (χ0) is 16.3. The predicted molar refractivity (Wildman–Crippen MR) is 81.7 cm³/mol. The quantitative estimate of drug-likeness (QED) is 0.838. The Morgan fingerprint density at radius 3 is 2.73 bits per heavy atom. The third-order valence-electron chi connectivity index (χ3n) is 3.08. The van der Waals surface area contributed by atoms with Gasteiger partial charge in [-0.25, -0.2) is 22.2 Å². The maximum Gasteiger partial charge on any atom is 0.240 e. The maximum absolute atomic E-state index is 14.2. The molecule has 1 aromatic carbocycles. The van der Waals surface area contributed by atoms with Crippen molar-refractivity contribution in [2.45, 2.75) is 31.2 Å². The summed E-state index contributed by atoms with van der Waals surface area (Å²) in [6.45, 7) is 3.83. The Hall–Kier alpha value is -1.77. The number of halogens is 1. The van der Waals surface area contributed by atoms with Gasteiger partial charge in [0.15, 0.2) is 0 Å². The molecule has 1 atom stereocenters. The van der Waals surface area contributed by atoms with E-state index in [4.69, 9.17) is 5.73 Å². The van der Waals surface area contributed by atoms with Crippen LogP contribution in [0, 0.1) is 12.7 Å². The van der Waals surface area contributed by atoms with Gasteiger partial charge >= 0.3 is 0 Å². The minimum absolute atomic E-state index is 0.107. The van der Waals surface area contributed by atoms with E-state index in [2.05, 4.69) is 9.82 Å². The van der Waals surface area contributed by atoms with Crippen LogP contribution in [0.1, 0.15) is 18.9 Å². The van der Waals surface area contributed by atoms with Crippen LogP contribution < -0.4 is 10.5 Å². The van der Waals surface area contributed by atoms with Crippen molar-refractivity contribution in [3.05, 3.63) is 42.0 Å². The van der Waals surface area contributed by atoms with E-state index in [1.54, 1.807) is 19.3 Å². The van der Waals surface area contributed by atoms with Crippen LogP contribution in [0.15, 0.2) is 35.5 Å². The van der Waals surface area contributed by atoms with E-state index < -0.39 is 15.8 Å². The summed E-state index contributed by atoms with van der Waals surface area (Å²) < 4.78 is 42.1. The number of nitrogens with one attached hydrogen (secondary N) is 1. The summed E-state index contributed by atoms with van der Waals surface area (Å²) in [7, 11) is -3.75. The summed E-state index contributed by atoms with van der Waals surface area (Å²) in [5.41, 5.74) is 6.65. The molecule has 8 heteroatoms. The molecule has 0 aliphatic rings. The van der Waals surface area contributed by atoms with E-state index in [0.717, 1.165) is 11.6 Å². The second-order valence-electron chi connectivity index (χ2n) is 5.24. The number of hydrogen-bond acceptors (Lipinski definition) is 4. The van der Waals surface area contributed by atoms with Gasteiger partial charge in [0.05, 0.1) is 11.1 Å². The first-order valence-electron chi connectivity index (χ1n) is 6.86. The summed E-state index contributed by atoms with van der Waals surface area (Å²) in [5.74, 6) is -0.654. The van der Waals surface area contributed by atoms with Gasteiger partial charge in [-0.15, -0.1) is 0 Å². The molecule has 0 radical (unpaired) electrons. The van der Waals surface area contributed by atoms with Gasteiger partial charge < -0.3 is 5.73 Å². The lowest BCUT2D eigenvalue weighted by atomic mass is 10.3. The summed E-state index contributed by atoms with van der Waals surface area (Å²) in [6.07, 6.45) is 3.76. The minimum Gasteiger partial charge on any atom is -0.328 e. The number of benzene rings is 1. The van der Waals surface area contributed by atoms with Crippen LogP contribution in [0.5, 0.6) is 0 Å².